The molecule has 0 radical (unpaired) electrons. The molecule has 0 aliphatic heterocycles. The van der Waals surface area contributed by atoms with Gasteiger partial charge >= 0.3 is 0 Å². The van der Waals surface area contributed by atoms with Crippen LogP contribution >= 0.6 is 0 Å². The first-order valence-corrected chi connectivity index (χ1v) is 6.72. The Morgan fingerprint density at radius 1 is 0.941 bits per heavy atom. The van der Waals surface area contributed by atoms with Crippen LogP contribution in [0.2, 0.25) is 0 Å². The van der Waals surface area contributed by atoms with Gasteiger partial charge in [-0.1, -0.05) is 35.7 Å². The molecule has 0 atom stereocenters. The Balaban J connectivity index is 2.13. The van der Waals surface area contributed by atoms with Crippen LogP contribution in [0.1, 0.15) is 42.4 Å². The van der Waals surface area contributed by atoms with Gasteiger partial charge in [-0.15, -0.1) is 0 Å². The fourth-order valence-electron chi connectivity index (χ4n) is 2.21. The van der Waals surface area contributed by atoms with Crippen molar-refractivity contribution in [1.29, 1.82) is 0 Å². The van der Waals surface area contributed by atoms with Gasteiger partial charge in [-0.2, -0.15) is 0 Å². The molecule has 17 heavy (non-hydrogen) atoms. The van der Waals surface area contributed by atoms with E-state index in [0.717, 1.165) is 19.4 Å². The average molecular weight is 236 g/mol. The van der Waals surface area contributed by atoms with Crippen LogP contribution in [0.15, 0.2) is 18.2 Å². The first kappa shape index (κ1) is 14.2. The molecule has 0 saturated heterocycles. The highest BCUT2D eigenvalue weighted by Crippen LogP contribution is 2.07. The van der Waals surface area contributed by atoms with Crippen LogP contribution in [0.4, 0.5) is 0 Å². The van der Waals surface area contributed by atoms with E-state index in [9.17, 15) is 0 Å². The minimum atomic E-state index is 0.340. The van der Waals surface area contributed by atoms with E-state index in [1.165, 1.54) is 36.1 Å². The molecular formula is C15H26NO+. The largest absolute Gasteiger partial charge is 0.396 e. The zero-order valence-corrected chi connectivity index (χ0v) is 11.2. The second-order valence-corrected chi connectivity index (χ2v) is 4.92. The summed E-state index contributed by atoms with van der Waals surface area (Å²) in [6.07, 6.45) is 4.61. The number of quaternary nitrogens is 1. The molecular weight excluding hydrogens is 210 g/mol. The summed E-state index contributed by atoms with van der Waals surface area (Å²) in [5.74, 6) is 0. The lowest BCUT2D eigenvalue weighted by Crippen LogP contribution is -2.82. The Labute approximate surface area is 105 Å². The van der Waals surface area contributed by atoms with Crippen LogP contribution in [0.3, 0.4) is 0 Å². The van der Waals surface area contributed by atoms with Crippen LogP contribution in [-0.2, 0) is 6.54 Å². The number of hydrogen-bond acceptors (Lipinski definition) is 1. The highest BCUT2D eigenvalue weighted by molar-refractivity contribution is 5.27. The van der Waals surface area contributed by atoms with Crippen LogP contribution < -0.4 is 5.32 Å². The quantitative estimate of drug-likeness (QED) is 0.665. The maximum Gasteiger partial charge on any atom is 0.101 e. The van der Waals surface area contributed by atoms with E-state index < -0.39 is 0 Å². The van der Waals surface area contributed by atoms with Crippen molar-refractivity contribution in [2.75, 3.05) is 13.2 Å². The summed E-state index contributed by atoms with van der Waals surface area (Å²) in [6.45, 7) is 6.93. The molecule has 1 aromatic rings. The SMILES string of the molecule is Cc1cc(C)cc(C[NH2+]CCCCCCO)c1. The Bertz CT molecular complexity index is 302. The summed E-state index contributed by atoms with van der Waals surface area (Å²) < 4.78 is 0. The molecule has 0 aromatic heterocycles. The molecule has 96 valence electrons. The molecule has 0 aliphatic rings. The van der Waals surface area contributed by atoms with Crippen LogP contribution in [0.5, 0.6) is 0 Å². The third kappa shape index (κ3) is 6.44. The summed E-state index contributed by atoms with van der Waals surface area (Å²) >= 11 is 0. The topological polar surface area (TPSA) is 36.8 Å². The molecule has 0 fully saturated rings. The van der Waals surface area contributed by atoms with E-state index in [-0.39, 0.29) is 0 Å². The number of benzene rings is 1. The van der Waals surface area contributed by atoms with Gasteiger partial charge in [0, 0.05) is 12.2 Å². The monoisotopic (exact) mass is 236 g/mol. The number of unbranched alkanes of at least 4 members (excludes halogenated alkanes) is 3. The first-order valence-electron chi connectivity index (χ1n) is 6.72. The Hall–Kier alpha value is -0.860. The van der Waals surface area contributed by atoms with Crippen molar-refractivity contribution in [2.45, 2.75) is 46.1 Å². The second-order valence-electron chi connectivity index (χ2n) is 4.92. The number of aliphatic hydroxyl groups is 1. The smallest absolute Gasteiger partial charge is 0.101 e. The summed E-state index contributed by atoms with van der Waals surface area (Å²) in [5, 5.41) is 11.0. The molecule has 0 amide bonds. The predicted octanol–water partition coefficient (Wildman–Crippen LogP) is 1.92. The molecule has 0 saturated carbocycles. The minimum Gasteiger partial charge on any atom is -0.396 e. The van der Waals surface area contributed by atoms with Gasteiger partial charge in [0.15, 0.2) is 0 Å². The third-order valence-electron chi connectivity index (χ3n) is 2.98. The van der Waals surface area contributed by atoms with Crippen molar-refractivity contribution in [2.24, 2.45) is 0 Å². The maximum absolute atomic E-state index is 8.66. The standard InChI is InChI=1S/C15H25NO/c1-13-9-14(2)11-15(10-13)12-16-7-5-3-4-6-8-17/h9-11,16-17H,3-8,12H2,1-2H3/p+1. The molecule has 3 N–H and O–H groups in total. The molecule has 2 nitrogen and oxygen atoms in total. The molecule has 2 heteroatoms. The Kier molecular flexibility index (Phi) is 6.90. The van der Waals surface area contributed by atoms with Crippen molar-refractivity contribution in [3.05, 3.63) is 34.9 Å². The molecule has 0 unspecified atom stereocenters. The van der Waals surface area contributed by atoms with Gasteiger partial charge in [-0.05, 0) is 33.1 Å². The zero-order chi connectivity index (χ0) is 12.5. The number of aryl methyl sites for hydroxylation is 2. The van der Waals surface area contributed by atoms with E-state index in [0.29, 0.717) is 6.61 Å². The lowest BCUT2D eigenvalue weighted by atomic mass is 10.1. The number of rotatable bonds is 8. The van der Waals surface area contributed by atoms with Crippen molar-refractivity contribution in [3.8, 4) is 0 Å². The number of aliphatic hydroxyl groups excluding tert-OH is 1. The average Bonchev–Trinajstić information content (AvgIpc) is 2.26. The number of nitrogens with two attached hydrogens (primary N) is 1. The van der Waals surface area contributed by atoms with E-state index in [4.69, 9.17) is 5.11 Å². The van der Waals surface area contributed by atoms with Crippen molar-refractivity contribution in [3.63, 3.8) is 0 Å². The normalized spacial score (nSPS) is 10.8. The predicted molar refractivity (Wildman–Crippen MR) is 72.0 cm³/mol. The van der Waals surface area contributed by atoms with Gasteiger partial charge in [0.1, 0.15) is 6.54 Å². The van der Waals surface area contributed by atoms with E-state index in [2.05, 4.69) is 37.4 Å². The summed E-state index contributed by atoms with van der Waals surface area (Å²) in [7, 11) is 0. The Morgan fingerprint density at radius 3 is 2.24 bits per heavy atom. The van der Waals surface area contributed by atoms with Gasteiger partial charge in [-0.3, -0.25) is 0 Å². The second kappa shape index (κ2) is 8.26. The van der Waals surface area contributed by atoms with Gasteiger partial charge < -0.3 is 10.4 Å². The van der Waals surface area contributed by atoms with Crippen LogP contribution in [-0.4, -0.2) is 18.3 Å². The van der Waals surface area contributed by atoms with E-state index in [1.807, 2.05) is 0 Å². The first-order chi connectivity index (χ1) is 8.22. The van der Waals surface area contributed by atoms with Crippen LogP contribution in [0, 0.1) is 13.8 Å². The minimum absolute atomic E-state index is 0.340. The van der Waals surface area contributed by atoms with Gasteiger partial charge in [0.25, 0.3) is 0 Å². The lowest BCUT2D eigenvalue weighted by molar-refractivity contribution is -0.671. The summed E-state index contributed by atoms with van der Waals surface area (Å²) in [5.41, 5.74) is 4.14. The molecule has 0 spiro atoms. The summed E-state index contributed by atoms with van der Waals surface area (Å²) in [6, 6.07) is 6.77. The van der Waals surface area contributed by atoms with Crippen LogP contribution in [0.25, 0.3) is 0 Å². The van der Waals surface area contributed by atoms with Gasteiger partial charge in [0.05, 0.1) is 6.54 Å². The highest BCUT2D eigenvalue weighted by atomic mass is 16.2. The Morgan fingerprint density at radius 2 is 1.59 bits per heavy atom. The van der Waals surface area contributed by atoms with Crippen molar-refractivity contribution in [1.82, 2.24) is 0 Å². The third-order valence-corrected chi connectivity index (χ3v) is 2.98. The van der Waals surface area contributed by atoms with Gasteiger partial charge in [0.2, 0.25) is 0 Å². The van der Waals surface area contributed by atoms with E-state index in [1.54, 1.807) is 0 Å². The van der Waals surface area contributed by atoms with Gasteiger partial charge in [-0.25, -0.2) is 0 Å². The maximum atomic E-state index is 8.66. The zero-order valence-electron chi connectivity index (χ0n) is 11.2. The molecule has 0 aliphatic carbocycles. The molecule has 0 heterocycles. The highest BCUT2D eigenvalue weighted by Gasteiger charge is 1.98. The molecule has 1 rings (SSSR count). The molecule has 1 aromatic carbocycles. The lowest BCUT2D eigenvalue weighted by Gasteiger charge is -2.04. The molecule has 0 bridgehead atoms. The fraction of sp³-hybridized carbons (Fsp3) is 0.600. The van der Waals surface area contributed by atoms with Crippen molar-refractivity contribution < 1.29 is 10.4 Å². The number of hydrogen-bond donors (Lipinski definition) is 2. The van der Waals surface area contributed by atoms with E-state index >= 15 is 0 Å². The summed E-state index contributed by atoms with van der Waals surface area (Å²) in [4.78, 5) is 0. The van der Waals surface area contributed by atoms with Crippen molar-refractivity contribution >= 4 is 0 Å². The fourth-order valence-corrected chi connectivity index (χ4v) is 2.21.